The second-order valence-corrected chi connectivity index (χ2v) is 13.2. The lowest BCUT2D eigenvalue weighted by Crippen LogP contribution is -2.59. The monoisotopic (exact) mass is 687 g/mol. The van der Waals surface area contributed by atoms with Gasteiger partial charge in [0.15, 0.2) is 0 Å². The molecule has 3 amide bonds. The van der Waals surface area contributed by atoms with Crippen LogP contribution >= 0.6 is 39.1 Å². The molecule has 1 aliphatic carbocycles. The van der Waals surface area contributed by atoms with Crippen LogP contribution < -0.4 is 15.4 Å². The van der Waals surface area contributed by atoms with Crippen LogP contribution in [0.25, 0.3) is 0 Å². The molecule has 1 unspecified atom stereocenters. The van der Waals surface area contributed by atoms with E-state index in [1.54, 1.807) is 24.0 Å². The molecule has 4 aliphatic rings. The fourth-order valence-electron chi connectivity index (χ4n) is 7.05. The maximum Gasteiger partial charge on any atom is 0.409 e. The number of likely N-dealkylation sites (tertiary alicyclic amines) is 1. The minimum absolute atomic E-state index is 0.149. The van der Waals surface area contributed by atoms with E-state index in [1.807, 2.05) is 42.5 Å². The van der Waals surface area contributed by atoms with Crippen molar-refractivity contribution < 1.29 is 23.9 Å². The summed E-state index contributed by atoms with van der Waals surface area (Å²) in [7, 11) is 0. The Morgan fingerprint density at radius 1 is 1.12 bits per heavy atom. The van der Waals surface area contributed by atoms with E-state index in [9.17, 15) is 14.4 Å². The van der Waals surface area contributed by atoms with Crippen LogP contribution in [0.5, 0.6) is 5.75 Å². The van der Waals surface area contributed by atoms with Gasteiger partial charge in [0.25, 0.3) is 0 Å². The summed E-state index contributed by atoms with van der Waals surface area (Å²) in [6.45, 7) is 3.15. The largest absolute Gasteiger partial charge is 0.490 e. The van der Waals surface area contributed by atoms with E-state index >= 15 is 0 Å². The summed E-state index contributed by atoms with van der Waals surface area (Å²) in [6.07, 6.45) is 7.25. The molecule has 0 radical (unpaired) electrons. The van der Waals surface area contributed by atoms with Gasteiger partial charge in [-0.05, 0) is 67.2 Å². The number of carbonyl (C=O) groups is 3. The van der Waals surface area contributed by atoms with Gasteiger partial charge in [-0.15, -0.1) is 0 Å². The Balaban J connectivity index is 1.42. The zero-order chi connectivity index (χ0) is 30.3. The molecule has 0 saturated carbocycles. The van der Waals surface area contributed by atoms with Crippen LogP contribution in [0.1, 0.15) is 49.8 Å². The number of rotatable bonds is 5. The molecule has 0 aromatic heterocycles. The summed E-state index contributed by atoms with van der Waals surface area (Å²) in [6, 6.07) is 10.4. The van der Waals surface area contributed by atoms with Gasteiger partial charge in [-0.1, -0.05) is 57.4 Å². The topological polar surface area (TPSA) is 97.0 Å². The molecule has 2 saturated heterocycles. The maximum absolute atomic E-state index is 14.4. The summed E-state index contributed by atoms with van der Waals surface area (Å²) in [5, 5.41) is 7.47. The number of hydrogen-bond acceptors (Lipinski definition) is 5. The molecule has 4 atom stereocenters. The Hall–Kier alpha value is -3.01. The number of nitrogens with one attached hydrogen (secondary N) is 2. The van der Waals surface area contributed by atoms with Crippen LogP contribution in [0.2, 0.25) is 5.02 Å². The summed E-state index contributed by atoms with van der Waals surface area (Å²) in [4.78, 5) is 41.8. The second-order valence-electron chi connectivity index (χ2n) is 11.4. The number of anilines is 1. The van der Waals surface area contributed by atoms with Crippen LogP contribution in [0.3, 0.4) is 0 Å². The van der Waals surface area contributed by atoms with Gasteiger partial charge in [-0.25, -0.2) is 4.79 Å². The maximum atomic E-state index is 14.4. The number of nitrogens with zero attached hydrogens (tertiary/aromatic N) is 1. The third-order valence-electron chi connectivity index (χ3n) is 8.93. The normalized spacial score (nSPS) is 26.9. The average Bonchev–Trinajstić information content (AvgIpc) is 3.26. The standard InChI is InChI=1S/C32H32BrCl2N3O5/c1-2-42-31(41)38-12-10-22(11-13-38)43-27-9-6-19(33)15-23(27)29-32(24-8-7-21(35)16-26(24)36-30(32)40)25(17-28(39)37-29)18-4-3-5-20(34)14-18/h3-9,15-16,18,22,25,29H,2,10-14,17H2,1H3,(H,36,40)(H,37,39)/t18?,25-,29+,32-/m0/s1. The predicted octanol–water partition coefficient (Wildman–Crippen LogP) is 6.87. The number of allylic oxidation sites excluding steroid dienone is 4. The number of ether oxygens (including phenoxy) is 2. The van der Waals surface area contributed by atoms with Crippen molar-refractivity contribution in [2.45, 2.75) is 50.2 Å². The van der Waals surface area contributed by atoms with Crippen molar-refractivity contribution >= 4 is 62.7 Å². The van der Waals surface area contributed by atoms with E-state index in [1.165, 1.54) is 0 Å². The summed E-state index contributed by atoms with van der Waals surface area (Å²) >= 11 is 16.5. The summed E-state index contributed by atoms with van der Waals surface area (Å²) in [5.74, 6) is -0.319. The van der Waals surface area contributed by atoms with Crippen LogP contribution in [0, 0.1) is 11.8 Å². The lowest BCUT2D eigenvalue weighted by Gasteiger charge is -2.49. The third-order valence-corrected chi connectivity index (χ3v) is 9.94. The van der Waals surface area contributed by atoms with Crippen molar-refractivity contribution in [1.29, 1.82) is 0 Å². The molecule has 11 heteroatoms. The molecule has 2 aromatic carbocycles. The number of amides is 3. The zero-order valence-electron chi connectivity index (χ0n) is 23.6. The average molecular weight is 689 g/mol. The molecular weight excluding hydrogens is 657 g/mol. The van der Waals surface area contributed by atoms with Gasteiger partial charge in [-0.2, -0.15) is 0 Å². The number of piperidine rings is 2. The highest BCUT2D eigenvalue weighted by molar-refractivity contribution is 9.10. The van der Waals surface area contributed by atoms with Crippen LogP contribution in [-0.2, 0) is 19.7 Å². The van der Waals surface area contributed by atoms with Gasteiger partial charge in [0.2, 0.25) is 11.8 Å². The van der Waals surface area contributed by atoms with Gasteiger partial charge in [0, 0.05) is 58.1 Å². The summed E-state index contributed by atoms with van der Waals surface area (Å²) in [5.41, 5.74) is 0.946. The quantitative estimate of drug-likeness (QED) is 0.358. The molecule has 8 nitrogen and oxygen atoms in total. The van der Waals surface area contributed by atoms with Crippen LogP contribution in [0.4, 0.5) is 10.5 Å². The van der Waals surface area contributed by atoms with Gasteiger partial charge >= 0.3 is 6.09 Å². The van der Waals surface area contributed by atoms with Crippen LogP contribution in [-0.4, -0.2) is 48.6 Å². The molecule has 6 rings (SSSR count). The highest BCUT2D eigenvalue weighted by atomic mass is 79.9. The Kier molecular flexibility index (Phi) is 8.50. The molecule has 2 aromatic rings. The van der Waals surface area contributed by atoms with Crippen molar-refractivity contribution in [2.75, 3.05) is 25.0 Å². The Bertz CT molecular complexity index is 1520. The fourth-order valence-corrected chi connectivity index (χ4v) is 7.85. The first-order valence-corrected chi connectivity index (χ1v) is 16.1. The first kappa shape index (κ1) is 30.0. The number of benzene rings is 2. The predicted molar refractivity (Wildman–Crippen MR) is 168 cm³/mol. The molecule has 226 valence electrons. The number of hydrogen-bond donors (Lipinski definition) is 2. The molecule has 2 fully saturated rings. The Labute approximate surface area is 268 Å². The molecule has 3 aliphatic heterocycles. The number of fused-ring (bicyclic) bond motifs is 2. The van der Waals surface area contributed by atoms with Gasteiger partial charge in [-0.3, -0.25) is 9.59 Å². The fraction of sp³-hybridized carbons (Fsp3) is 0.406. The van der Waals surface area contributed by atoms with E-state index in [4.69, 9.17) is 32.7 Å². The Morgan fingerprint density at radius 2 is 1.91 bits per heavy atom. The smallest absolute Gasteiger partial charge is 0.409 e. The van der Waals surface area contributed by atoms with E-state index in [0.29, 0.717) is 66.0 Å². The van der Waals surface area contributed by atoms with Crippen molar-refractivity contribution in [1.82, 2.24) is 10.2 Å². The highest BCUT2D eigenvalue weighted by Crippen LogP contribution is 2.58. The molecule has 3 heterocycles. The number of carbonyl (C=O) groups excluding carboxylic acids is 3. The third kappa shape index (κ3) is 5.56. The van der Waals surface area contributed by atoms with E-state index in [2.05, 4.69) is 26.6 Å². The first-order chi connectivity index (χ1) is 20.7. The summed E-state index contributed by atoms with van der Waals surface area (Å²) < 4.78 is 12.6. The van der Waals surface area contributed by atoms with Crippen molar-refractivity contribution in [3.8, 4) is 5.75 Å². The van der Waals surface area contributed by atoms with Crippen molar-refractivity contribution in [3.05, 3.63) is 80.3 Å². The van der Waals surface area contributed by atoms with Crippen molar-refractivity contribution in [3.63, 3.8) is 0 Å². The van der Waals surface area contributed by atoms with Crippen molar-refractivity contribution in [2.24, 2.45) is 11.8 Å². The van der Waals surface area contributed by atoms with Gasteiger partial charge in [0.1, 0.15) is 17.3 Å². The highest BCUT2D eigenvalue weighted by Gasteiger charge is 2.62. The van der Waals surface area contributed by atoms with Crippen LogP contribution in [0.15, 0.2) is 64.1 Å². The zero-order valence-corrected chi connectivity index (χ0v) is 26.7. The molecule has 43 heavy (non-hydrogen) atoms. The molecule has 0 bridgehead atoms. The number of halogens is 3. The van der Waals surface area contributed by atoms with E-state index < -0.39 is 17.4 Å². The minimum Gasteiger partial charge on any atom is -0.490 e. The SMILES string of the molecule is CCOC(=O)N1CCC(Oc2ccc(Br)cc2[C@H]2NC(=O)C[C@@H](C3C=CC=C(Cl)C3)[C@]23C(=O)Nc2cc(Cl)ccc23)CC1. The lowest BCUT2D eigenvalue weighted by atomic mass is 9.57. The second kappa shape index (κ2) is 12.2. The molecular formula is C32H32BrCl2N3O5. The molecule has 1 spiro atoms. The molecule has 2 N–H and O–H groups in total. The Morgan fingerprint density at radius 3 is 2.65 bits per heavy atom. The first-order valence-electron chi connectivity index (χ1n) is 14.5. The minimum atomic E-state index is -1.16. The van der Waals surface area contributed by atoms with Gasteiger partial charge in [0.05, 0.1) is 12.6 Å². The van der Waals surface area contributed by atoms with E-state index in [-0.39, 0.29) is 36.4 Å². The van der Waals surface area contributed by atoms with Gasteiger partial charge < -0.3 is 25.0 Å². The van der Waals surface area contributed by atoms with E-state index in [0.717, 1.165) is 10.0 Å². The lowest BCUT2D eigenvalue weighted by molar-refractivity contribution is -0.135.